The maximum absolute atomic E-state index is 10.9. The van der Waals surface area contributed by atoms with Crippen LogP contribution in [-0.2, 0) is 12.8 Å². The summed E-state index contributed by atoms with van der Waals surface area (Å²) in [4.78, 5) is 14.4. The van der Waals surface area contributed by atoms with Crippen molar-refractivity contribution in [2.75, 3.05) is 0 Å². The van der Waals surface area contributed by atoms with E-state index in [-0.39, 0.29) is 5.69 Å². The summed E-state index contributed by atoms with van der Waals surface area (Å²) in [5.74, 6) is -0.592. The molecule has 0 radical (unpaired) electrons. The predicted molar refractivity (Wildman–Crippen MR) is 77.4 cm³/mol. The molecule has 5 nitrogen and oxygen atoms in total. The van der Waals surface area contributed by atoms with Gasteiger partial charge < -0.3 is 14.6 Å². The highest BCUT2D eigenvalue weighted by Crippen LogP contribution is 2.32. The van der Waals surface area contributed by atoms with E-state index in [0.717, 1.165) is 23.9 Å². The van der Waals surface area contributed by atoms with E-state index in [1.165, 1.54) is 35.6 Å². The lowest BCUT2D eigenvalue weighted by Gasteiger charge is -2.10. The van der Waals surface area contributed by atoms with Crippen LogP contribution in [0.5, 0.6) is 0 Å². The normalized spacial score (nSPS) is 14.3. The Labute approximate surface area is 120 Å². The standard InChI is InChI=1S/C16H14N2O3/c19-16(20)14-8-15(21-18-14)9-5-6-13-11(7-9)10-3-1-2-4-12(10)17-13/h5-8,17H,1-4H2,(H,19,20). The Morgan fingerprint density at radius 3 is 2.90 bits per heavy atom. The van der Waals surface area contributed by atoms with Crippen LogP contribution in [-0.4, -0.2) is 21.2 Å². The van der Waals surface area contributed by atoms with Gasteiger partial charge in [0, 0.05) is 28.2 Å². The van der Waals surface area contributed by atoms with E-state index < -0.39 is 5.97 Å². The number of hydrogen-bond acceptors (Lipinski definition) is 3. The lowest BCUT2D eigenvalue weighted by molar-refractivity contribution is 0.0686. The van der Waals surface area contributed by atoms with Gasteiger partial charge in [0.25, 0.3) is 0 Å². The van der Waals surface area contributed by atoms with Crippen molar-refractivity contribution in [1.82, 2.24) is 10.1 Å². The summed E-state index contributed by atoms with van der Waals surface area (Å²) in [5, 5.41) is 13.7. The van der Waals surface area contributed by atoms with E-state index in [2.05, 4.69) is 16.2 Å². The number of aromatic amines is 1. The summed E-state index contributed by atoms with van der Waals surface area (Å²) in [6, 6.07) is 7.47. The second-order valence-corrected chi connectivity index (χ2v) is 5.43. The Balaban J connectivity index is 1.84. The number of carboxylic acid groups (broad SMARTS) is 1. The van der Waals surface area contributed by atoms with E-state index >= 15 is 0 Å². The van der Waals surface area contributed by atoms with E-state index in [9.17, 15) is 4.79 Å². The maximum atomic E-state index is 10.9. The number of aryl methyl sites for hydroxylation is 2. The van der Waals surface area contributed by atoms with E-state index in [0.29, 0.717) is 5.76 Å². The summed E-state index contributed by atoms with van der Waals surface area (Å²) in [5.41, 5.74) is 4.63. The third-order valence-electron chi connectivity index (χ3n) is 4.11. The van der Waals surface area contributed by atoms with Crippen molar-refractivity contribution >= 4 is 16.9 Å². The molecule has 5 heteroatoms. The van der Waals surface area contributed by atoms with Crippen LogP contribution in [0.4, 0.5) is 0 Å². The molecule has 0 bridgehead atoms. The maximum Gasteiger partial charge on any atom is 0.358 e. The molecule has 2 N–H and O–H groups in total. The van der Waals surface area contributed by atoms with Crippen molar-refractivity contribution < 1.29 is 14.4 Å². The number of fused-ring (bicyclic) bond motifs is 3. The van der Waals surface area contributed by atoms with Crippen molar-refractivity contribution in [3.8, 4) is 11.3 Å². The van der Waals surface area contributed by atoms with Crippen molar-refractivity contribution in [3.63, 3.8) is 0 Å². The molecule has 2 heterocycles. The molecule has 0 spiro atoms. The van der Waals surface area contributed by atoms with E-state index in [1.807, 2.05) is 12.1 Å². The molecule has 0 fully saturated rings. The van der Waals surface area contributed by atoms with E-state index in [4.69, 9.17) is 9.63 Å². The number of rotatable bonds is 2. The Kier molecular flexibility index (Phi) is 2.60. The molecule has 3 aromatic rings. The first-order chi connectivity index (χ1) is 10.2. The molecule has 0 saturated carbocycles. The fourth-order valence-electron chi connectivity index (χ4n) is 3.07. The van der Waals surface area contributed by atoms with Crippen LogP contribution in [0.15, 0.2) is 28.8 Å². The third kappa shape index (κ3) is 1.93. The third-order valence-corrected chi connectivity index (χ3v) is 4.11. The highest BCUT2D eigenvalue weighted by atomic mass is 16.5. The summed E-state index contributed by atoms with van der Waals surface area (Å²) >= 11 is 0. The van der Waals surface area contributed by atoms with Gasteiger partial charge in [0.15, 0.2) is 11.5 Å². The number of aromatic carboxylic acids is 1. The van der Waals surface area contributed by atoms with Gasteiger partial charge in [-0.2, -0.15) is 0 Å². The van der Waals surface area contributed by atoms with Crippen molar-refractivity contribution in [3.05, 3.63) is 41.2 Å². The lowest BCUT2D eigenvalue weighted by Crippen LogP contribution is -1.99. The smallest absolute Gasteiger partial charge is 0.358 e. The molecule has 106 valence electrons. The first kappa shape index (κ1) is 12.2. The van der Waals surface area contributed by atoms with Crippen molar-refractivity contribution in [2.45, 2.75) is 25.7 Å². The minimum atomic E-state index is -1.08. The van der Waals surface area contributed by atoms with Gasteiger partial charge in [-0.15, -0.1) is 0 Å². The second-order valence-electron chi connectivity index (χ2n) is 5.43. The van der Waals surface area contributed by atoms with Gasteiger partial charge in [0.05, 0.1) is 0 Å². The number of H-pyrrole nitrogens is 1. The number of aromatic nitrogens is 2. The van der Waals surface area contributed by atoms with E-state index in [1.54, 1.807) is 0 Å². The molecule has 0 saturated heterocycles. The van der Waals surface area contributed by atoms with Crippen LogP contribution in [0.2, 0.25) is 0 Å². The molecule has 1 aliphatic carbocycles. The van der Waals surface area contributed by atoms with Crippen LogP contribution in [0, 0.1) is 0 Å². The largest absolute Gasteiger partial charge is 0.476 e. The first-order valence-corrected chi connectivity index (χ1v) is 7.06. The van der Waals surface area contributed by atoms with Crippen LogP contribution in [0.3, 0.4) is 0 Å². The molecular formula is C16H14N2O3. The predicted octanol–water partition coefficient (Wildman–Crippen LogP) is 3.40. The van der Waals surface area contributed by atoms with Crippen LogP contribution >= 0.6 is 0 Å². The summed E-state index contributed by atoms with van der Waals surface area (Å²) in [6.45, 7) is 0. The van der Waals surface area contributed by atoms with Crippen LogP contribution < -0.4 is 0 Å². The fourth-order valence-corrected chi connectivity index (χ4v) is 3.07. The molecule has 2 aromatic heterocycles. The average molecular weight is 282 g/mol. The molecule has 4 rings (SSSR count). The van der Waals surface area contributed by atoms with Gasteiger partial charge in [-0.05, 0) is 49.4 Å². The molecular weight excluding hydrogens is 268 g/mol. The Morgan fingerprint density at radius 2 is 2.10 bits per heavy atom. The minimum absolute atomic E-state index is 0.0683. The number of nitrogens with zero attached hydrogens (tertiary/aromatic N) is 1. The summed E-state index contributed by atoms with van der Waals surface area (Å²) < 4.78 is 5.14. The zero-order chi connectivity index (χ0) is 14.4. The molecule has 1 aliphatic rings. The molecule has 0 aliphatic heterocycles. The van der Waals surface area contributed by atoms with Crippen molar-refractivity contribution in [1.29, 1.82) is 0 Å². The molecule has 21 heavy (non-hydrogen) atoms. The van der Waals surface area contributed by atoms with Gasteiger partial charge >= 0.3 is 5.97 Å². The number of carbonyl (C=O) groups is 1. The highest BCUT2D eigenvalue weighted by Gasteiger charge is 2.17. The van der Waals surface area contributed by atoms with Gasteiger partial charge in [-0.25, -0.2) is 4.79 Å². The number of nitrogens with one attached hydrogen (secondary N) is 1. The minimum Gasteiger partial charge on any atom is -0.476 e. The fraction of sp³-hybridized carbons (Fsp3) is 0.250. The summed E-state index contributed by atoms with van der Waals surface area (Å²) in [7, 11) is 0. The second kappa shape index (κ2) is 4.48. The molecule has 1 aromatic carbocycles. The molecule has 0 unspecified atom stereocenters. The molecule has 0 atom stereocenters. The SMILES string of the molecule is O=C(O)c1cc(-c2ccc3[nH]c4c(c3c2)CCCC4)on1. The lowest BCUT2D eigenvalue weighted by atomic mass is 9.95. The van der Waals surface area contributed by atoms with Crippen LogP contribution in [0.25, 0.3) is 22.2 Å². The zero-order valence-electron chi connectivity index (χ0n) is 11.3. The van der Waals surface area contributed by atoms with Gasteiger partial charge in [-0.1, -0.05) is 5.16 Å². The highest BCUT2D eigenvalue weighted by molar-refractivity contribution is 5.90. The zero-order valence-corrected chi connectivity index (χ0v) is 11.3. The Hall–Kier alpha value is -2.56. The number of carboxylic acids is 1. The van der Waals surface area contributed by atoms with Gasteiger partial charge in [0.1, 0.15) is 0 Å². The Bertz CT molecular complexity index is 844. The number of benzene rings is 1. The average Bonchev–Trinajstić information content (AvgIpc) is 3.11. The van der Waals surface area contributed by atoms with Gasteiger partial charge in [-0.3, -0.25) is 0 Å². The Morgan fingerprint density at radius 1 is 1.24 bits per heavy atom. The van der Waals surface area contributed by atoms with Crippen LogP contribution in [0.1, 0.15) is 34.6 Å². The summed E-state index contributed by atoms with van der Waals surface area (Å²) in [6.07, 6.45) is 4.65. The number of hydrogen-bond donors (Lipinski definition) is 2. The monoisotopic (exact) mass is 282 g/mol. The molecule has 0 amide bonds. The van der Waals surface area contributed by atoms with Gasteiger partial charge in [0.2, 0.25) is 0 Å². The quantitative estimate of drug-likeness (QED) is 0.755. The first-order valence-electron chi connectivity index (χ1n) is 7.06. The van der Waals surface area contributed by atoms with Crippen molar-refractivity contribution in [2.24, 2.45) is 0 Å². The topological polar surface area (TPSA) is 79.1 Å².